The maximum absolute atomic E-state index is 12.5. The Morgan fingerprint density at radius 3 is 2.95 bits per heavy atom. The molecule has 0 radical (unpaired) electrons. The summed E-state index contributed by atoms with van der Waals surface area (Å²) in [5, 5.41) is 4.20. The summed E-state index contributed by atoms with van der Waals surface area (Å²) in [6.07, 6.45) is 2.58. The average Bonchev–Trinajstić information content (AvgIpc) is 2.65. The summed E-state index contributed by atoms with van der Waals surface area (Å²) in [6, 6.07) is 7.66. The van der Waals surface area contributed by atoms with Gasteiger partial charge in [0.25, 0.3) is 5.91 Å². The van der Waals surface area contributed by atoms with Crippen LogP contribution in [-0.2, 0) is 0 Å². The van der Waals surface area contributed by atoms with Crippen LogP contribution < -0.4 is 5.32 Å². The summed E-state index contributed by atoms with van der Waals surface area (Å²) in [4.78, 5) is 14.4. The molecule has 2 heterocycles. The van der Waals surface area contributed by atoms with Gasteiger partial charge in [-0.25, -0.2) is 0 Å². The second-order valence-electron chi connectivity index (χ2n) is 4.54. The highest BCUT2D eigenvalue weighted by molar-refractivity contribution is 6.05. The van der Waals surface area contributed by atoms with Gasteiger partial charge in [0.15, 0.2) is 0 Å². The van der Waals surface area contributed by atoms with E-state index in [0.717, 1.165) is 43.6 Å². The first kappa shape index (κ1) is 13.9. The zero-order valence-electron chi connectivity index (χ0n) is 10.6. The molecule has 0 aliphatic carbocycles. The van der Waals surface area contributed by atoms with Gasteiger partial charge in [0.05, 0.1) is 5.56 Å². The molecular formula is C14H17ClN2O2. The van der Waals surface area contributed by atoms with Crippen molar-refractivity contribution in [2.75, 3.05) is 26.2 Å². The molecule has 5 heteroatoms. The topological polar surface area (TPSA) is 45.5 Å². The molecule has 1 amide bonds. The number of halogens is 1. The monoisotopic (exact) mass is 280 g/mol. The number of furan rings is 1. The number of rotatable bonds is 1. The highest BCUT2D eigenvalue weighted by Crippen LogP contribution is 2.22. The first-order chi connectivity index (χ1) is 8.86. The minimum Gasteiger partial charge on any atom is -0.463 e. The first-order valence-corrected chi connectivity index (χ1v) is 6.32. The lowest BCUT2D eigenvalue weighted by atomic mass is 10.1. The Bertz CT molecular complexity index is 559. The van der Waals surface area contributed by atoms with E-state index in [-0.39, 0.29) is 18.3 Å². The zero-order valence-corrected chi connectivity index (χ0v) is 11.4. The molecule has 1 aliphatic heterocycles. The van der Waals surface area contributed by atoms with Crippen molar-refractivity contribution in [3.05, 3.63) is 36.1 Å². The molecule has 2 aromatic rings. The zero-order chi connectivity index (χ0) is 12.4. The highest BCUT2D eigenvalue weighted by atomic mass is 35.5. The molecule has 1 saturated heterocycles. The Kier molecular flexibility index (Phi) is 4.45. The van der Waals surface area contributed by atoms with Crippen molar-refractivity contribution in [1.82, 2.24) is 10.2 Å². The van der Waals surface area contributed by atoms with Gasteiger partial charge in [-0.2, -0.15) is 0 Å². The molecule has 0 unspecified atom stereocenters. The van der Waals surface area contributed by atoms with Gasteiger partial charge in [-0.15, -0.1) is 12.4 Å². The fourth-order valence-corrected chi connectivity index (χ4v) is 2.36. The Morgan fingerprint density at radius 1 is 1.21 bits per heavy atom. The molecule has 1 fully saturated rings. The standard InChI is InChI=1S/C14H16N2O2.ClH/c17-14(16-8-3-6-15-7-9-16)12-10-18-13-5-2-1-4-11(12)13;/h1-2,4-5,10,15H,3,6-9H2;1H. The van der Waals surface area contributed by atoms with Gasteiger partial charge < -0.3 is 14.6 Å². The van der Waals surface area contributed by atoms with Crippen molar-refractivity contribution in [2.24, 2.45) is 0 Å². The van der Waals surface area contributed by atoms with E-state index >= 15 is 0 Å². The molecule has 0 atom stereocenters. The molecule has 0 saturated carbocycles. The van der Waals surface area contributed by atoms with Crippen molar-refractivity contribution in [2.45, 2.75) is 6.42 Å². The van der Waals surface area contributed by atoms with E-state index in [9.17, 15) is 4.79 Å². The van der Waals surface area contributed by atoms with Crippen LogP contribution >= 0.6 is 12.4 Å². The molecule has 4 nitrogen and oxygen atoms in total. The molecule has 1 aromatic heterocycles. The Balaban J connectivity index is 0.00000133. The number of carbonyl (C=O) groups excluding carboxylic acids is 1. The Morgan fingerprint density at radius 2 is 2.05 bits per heavy atom. The lowest BCUT2D eigenvalue weighted by molar-refractivity contribution is 0.0767. The highest BCUT2D eigenvalue weighted by Gasteiger charge is 2.20. The van der Waals surface area contributed by atoms with Crippen LogP contribution in [0.4, 0.5) is 0 Å². The van der Waals surface area contributed by atoms with Gasteiger partial charge in [-0.1, -0.05) is 18.2 Å². The minimum absolute atomic E-state index is 0. The summed E-state index contributed by atoms with van der Waals surface area (Å²) >= 11 is 0. The maximum Gasteiger partial charge on any atom is 0.257 e. The Labute approximate surface area is 118 Å². The number of benzene rings is 1. The number of fused-ring (bicyclic) bond motifs is 1. The van der Waals surface area contributed by atoms with Gasteiger partial charge in [0.1, 0.15) is 11.8 Å². The molecule has 0 bridgehead atoms. The molecule has 3 rings (SSSR count). The third-order valence-corrected chi connectivity index (χ3v) is 3.34. The fraction of sp³-hybridized carbons (Fsp3) is 0.357. The largest absolute Gasteiger partial charge is 0.463 e. The number of hydrogen-bond donors (Lipinski definition) is 1. The van der Waals surface area contributed by atoms with Crippen LogP contribution in [0.15, 0.2) is 34.9 Å². The van der Waals surface area contributed by atoms with E-state index in [1.54, 1.807) is 6.26 Å². The number of carbonyl (C=O) groups is 1. The van der Waals surface area contributed by atoms with Crippen LogP contribution in [0.1, 0.15) is 16.8 Å². The molecular weight excluding hydrogens is 264 g/mol. The molecule has 1 N–H and O–H groups in total. The third kappa shape index (κ3) is 2.74. The number of nitrogens with one attached hydrogen (secondary N) is 1. The van der Waals surface area contributed by atoms with Gasteiger partial charge >= 0.3 is 0 Å². The predicted octanol–water partition coefficient (Wildman–Crippen LogP) is 2.29. The van der Waals surface area contributed by atoms with E-state index in [0.29, 0.717) is 5.56 Å². The van der Waals surface area contributed by atoms with Crippen LogP contribution in [0.2, 0.25) is 0 Å². The van der Waals surface area contributed by atoms with Gasteiger partial charge in [-0.3, -0.25) is 4.79 Å². The second-order valence-corrected chi connectivity index (χ2v) is 4.54. The van der Waals surface area contributed by atoms with E-state index < -0.39 is 0 Å². The van der Waals surface area contributed by atoms with Crippen molar-refractivity contribution >= 4 is 29.3 Å². The van der Waals surface area contributed by atoms with E-state index in [2.05, 4.69) is 5.32 Å². The minimum atomic E-state index is 0. The summed E-state index contributed by atoms with van der Waals surface area (Å²) in [7, 11) is 0. The third-order valence-electron chi connectivity index (χ3n) is 3.34. The van der Waals surface area contributed by atoms with E-state index in [1.807, 2.05) is 29.2 Å². The fourth-order valence-electron chi connectivity index (χ4n) is 2.36. The number of nitrogens with zero attached hydrogens (tertiary/aromatic N) is 1. The lowest BCUT2D eigenvalue weighted by Gasteiger charge is -2.19. The van der Waals surface area contributed by atoms with E-state index in [4.69, 9.17) is 4.42 Å². The number of amides is 1. The smallest absolute Gasteiger partial charge is 0.257 e. The molecule has 0 spiro atoms. The molecule has 1 aromatic carbocycles. The van der Waals surface area contributed by atoms with Crippen molar-refractivity contribution in [3.8, 4) is 0 Å². The molecule has 19 heavy (non-hydrogen) atoms. The van der Waals surface area contributed by atoms with Crippen molar-refractivity contribution < 1.29 is 9.21 Å². The van der Waals surface area contributed by atoms with Gasteiger partial charge in [-0.05, 0) is 19.0 Å². The van der Waals surface area contributed by atoms with Crippen molar-refractivity contribution in [1.29, 1.82) is 0 Å². The maximum atomic E-state index is 12.5. The van der Waals surface area contributed by atoms with Crippen LogP contribution in [0.5, 0.6) is 0 Å². The first-order valence-electron chi connectivity index (χ1n) is 6.32. The second kappa shape index (κ2) is 6.08. The summed E-state index contributed by atoms with van der Waals surface area (Å²) in [5.74, 6) is 0.0728. The van der Waals surface area contributed by atoms with Crippen LogP contribution in [-0.4, -0.2) is 37.0 Å². The predicted molar refractivity (Wildman–Crippen MR) is 76.9 cm³/mol. The SMILES string of the molecule is Cl.O=C(c1coc2ccccc12)N1CCCNCC1. The average molecular weight is 281 g/mol. The van der Waals surface area contributed by atoms with Crippen molar-refractivity contribution in [3.63, 3.8) is 0 Å². The summed E-state index contributed by atoms with van der Waals surface area (Å²) in [6.45, 7) is 3.42. The number of para-hydroxylation sites is 1. The van der Waals surface area contributed by atoms with Crippen LogP contribution in [0.3, 0.4) is 0 Å². The quantitative estimate of drug-likeness (QED) is 0.872. The summed E-state index contributed by atoms with van der Waals surface area (Å²) < 4.78 is 5.43. The van der Waals surface area contributed by atoms with E-state index in [1.165, 1.54) is 0 Å². The normalized spacial score (nSPS) is 15.9. The Hall–Kier alpha value is -1.52. The van der Waals surface area contributed by atoms with Crippen LogP contribution in [0.25, 0.3) is 11.0 Å². The summed E-state index contributed by atoms with van der Waals surface area (Å²) in [5.41, 5.74) is 1.45. The van der Waals surface area contributed by atoms with Crippen LogP contribution in [0, 0.1) is 0 Å². The van der Waals surface area contributed by atoms with Gasteiger partial charge in [0.2, 0.25) is 0 Å². The number of hydrogen-bond acceptors (Lipinski definition) is 3. The molecule has 102 valence electrons. The molecule has 1 aliphatic rings. The lowest BCUT2D eigenvalue weighted by Crippen LogP contribution is -2.34. The van der Waals surface area contributed by atoms with Gasteiger partial charge in [0, 0.05) is 25.0 Å².